The number of ether oxygens (including phenoxy) is 3. The van der Waals surface area contributed by atoms with E-state index in [1.165, 1.54) is 19.2 Å². The van der Waals surface area contributed by atoms with E-state index in [9.17, 15) is 9.18 Å². The van der Waals surface area contributed by atoms with Crippen LogP contribution in [0.1, 0.15) is 46.2 Å². The minimum absolute atomic E-state index is 0.0773. The minimum atomic E-state index is -0.543. The summed E-state index contributed by atoms with van der Waals surface area (Å²) in [6, 6.07) is 4.31. The monoisotopic (exact) mass is 417 g/mol. The van der Waals surface area contributed by atoms with Crippen molar-refractivity contribution >= 4 is 5.91 Å². The molecule has 2 aromatic rings. The third-order valence-corrected chi connectivity index (χ3v) is 5.20. The number of carbonyl (C=O) groups is 1. The number of likely N-dealkylation sites (tertiary alicyclic amines) is 1. The van der Waals surface area contributed by atoms with Crippen molar-refractivity contribution in [2.24, 2.45) is 0 Å². The van der Waals surface area contributed by atoms with Crippen LogP contribution in [0.25, 0.3) is 0 Å². The van der Waals surface area contributed by atoms with E-state index in [1.54, 1.807) is 24.3 Å². The van der Waals surface area contributed by atoms with Crippen LogP contribution in [-0.4, -0.2) is 61.3 Å². The zero-order valence-corrected chi connectivity index (χ0v) is 17.7. The first-order chi connectivity index (χ1) is 14.5. The lowest BCUT2D eigenvalue weighted by Gasteiger charge is -2.33. The van der Waals surface area contributed by atoms with Crippen molar-refractivity contribution in [3.05, 3.63) is 52.9 Å². The number of amides is 1. The van der Waals surface area contributed by atoms with Crippen LogP contribution in [0.3, 0.4) is 0 Å². The first-order valence-electron chi connectivity index (χ1n) is 10.1. The van der Waals surface area contributed by atoms with E-state index in [1.807, 2.05) is 6.92 Å². The summed E-state index contributed by atoms with van der Waals surface area (Å²) >= 11 is 0. The first-order valence-corrected chi connectivity index (χ1v) is 10.1. The van der Waals surface area contributed by atoms with Gasteiger partial charge in [0.25, 0.3) is 5.91 Å². The predicted octanol–water partition coefficient (Wildman–Crippen LogP) is 3.12. The maximum Gasteiger partial charge on any atom is 0.253 e. The normalized spacial score (nSPS) is 16.5. The van der Waals surface area contributed by atoms with E-state index in [0.29, 0.717) is 44.3 Å². The van der Waals surface area contributed by atoms with Gasteiger partial charge in [-0.15, -0.1) is 0 Å². The molecule has 1 amide bonds. The molecule has 3 rings (SSSR count). The number of aryl methyl sites for hydroxylation is 1. The van der Waals surface area contributed by atoms with Gasteiger partial charge in [-0.2, -0.15) is 0 Å². The van der Waals surface area contributed by atoms with Gasteiger partial charge < -0.3 is 19.1 Å². The summed E-state index contributed by atoms with van der Waals surface area (Å²) in [4.78, 5) is 23.7. The molecule has 1 aromatic carbocycles. The van der Waals surface area contributed by atoms with Crippen LogP contribution in [0.15, 0.2) is 24.4 Å². The summed E-state index contributed by atoms with van der Waals surface area (Å²) in [6.45, 7) is 4.41. The average Bonchev–Trinajstić information content (AvgIpc) is 2.77. The van der Waals surface area contributed by atoms with Crippen molar-refractivity contribution in [1.82, 2.24) is 14.9 Å². The molecule has 30 heavy (non-hydrogen) atoms. The summed E-state index contributed by atoms with van der Waals surface area (Å²) < 4.78 is 29.7. The third-order valence-electron chi connectivity index (χ3n) is 5.20. The lowest BCUT2D eigenvalue weighted by molar-refractivity contribution is 0.0602. The number of methoxy groups -OCH3 is 2. The Balaban J connectivity index is 1.75. The highest BCUT2D eigenvalue weighted by Crippen LogP contribution is 2.29. The van der Waals surface area contributed by atoms with Gasteiger partial charge in [-0.05, 0) is 38.0 Å². The molecule has 0 N–H and O–H groups in total. The van der Waals surface area contributed by atoms with Crippen LogP contribution < -0.4 is 4.74 Å². The number of hydrogen-bond acceptors (Lipinski definition) is 6. The van der Waals surface area contributed by atoms with E-state index >= 15 is 0 Å². The van der Waals surface area contributed by atoms with Gasteiger partial charge >= 0.3 is 0 Å². The fourth-order valence-electron chi connectivity index (χ4n) is 3.67. The average molecular weight is 417 g/mol. The lowest BCUT2D eigenvalue weighted by Crippen LogP contribution is -2.39. The lowest BCUT2D eigenvalue weighted by atomic mass is 9.91. The van der Waals surface area contributed by atoms with E-state index in [-0.39, 0.29) is 17.6 Å². The van der Waals surface area contributed by atoms with Crippen LogP contribution in [0.5, 0.6) is 5.75 Å². The van der Waals surface area contributed by atoms with E-state index in [4.69, 9.17) is 14.2 Å². The van der Waals surface area contributed by atoms with E-state index < -0.39 is 5.82 Å². The van der Waals surface area contributed by atoms with Crippen LogP contribution in [0.4, 0.5) is 4.39 Å². The highest BCUT2D eigenvalue weighted by atomic mass is 19.1. The van der Waals surface area contributed by atoms with Crippen molar-refractivity contribution in [3.63, 3.8) is 0 Å². The Hall–Kier alpha value is -2.58. The van der Waals surface area contributed by atoms with E-state index in [0.717, 1.165) is 24.1 Å². The molecule has 1 atom stereocenters. The molecule has 0 spiro atoms. The molecular weight excluding hydrogens is 389 g/mol. The maximum atomic E-state index is 14.1. The Kier molecular flexibility index (Phi) is 7.70. The Bertz CT molecular complexity index is 877. The second-order valence-corrected chi connectivity index (χ2v) is 7.31. The number of piperidine rings is 1. The van der Waals surface area contributed by atoms with Gasteiger partial charge in [0.05, 0.1) is 32.6 Å². The molecule has 162 valence electrons. The second-order valence-electron chi connectivity index (χ2n) is 7.31. The molecule has 0 saturated carbocycles. The van der Waals surface area contributed by atoms with Crippen LogP contribution in [0.2, 0.25) is 0 Å². The largest absolute Gasteiger partial charge is 0.494 e. The number of benzene rings is 1. The Morgan fingerprint density at radius 1 is 1.30 bits per heavy atom. The topological polar surface area (TPSA) is 73.8 Å². The highest BCUT2D eigenvalue weighted by molar-refractivity contribution is 5.94. The smallest absolute Gasteiger partial charge is 0.253 e. The summed E-state index contributed by atoms with van der Waals surface area (Å²) in [6.07, 6.45) is 3.56. The van der Waals surface area contributed by atoms with Gasteiger partial charge in [-0.1, -0.05) is 0 Å². The van der Waals surface area contributed by atoms with Crippen molar-refractivity contribution in [2.45, 2.75) is 32.3 Å². The van der Waals surface area contributed by atoms with Gasteiger partial charge in [0.2, 0.25) is 0 Å². The summed E-state index contributed by atoms with van der Waals surface area (Å²) in [5.41, 5.74) is 2.15. The fraction of sp³-hybridized carbons (Fsp3) is 0.500. The standard InChI is InChI=1S/C22H28FN3O4/c1-15-24-12-18(14-30-10-9-28-2)21(25-15)17-5-4-8-26(13-17)22(27)16-6-7-20(29-3)19(23)11-16/h6-7,11-12,17H,4-5,8-10,13-14H2,1-3H3. The molecule has 0 aliphatic carbocycles. The fourth-order valence-corrected chi connectivity index (χ4v) is 3.67. The van der Waals surface area contributed by atoms with Crippen molar-refractivity contribution in [1.29, 1.82) is 0 Å². The molecule has 1 saturated heterocycles. The predicted molar refractivity (Wildman–Crippen MR) is 109 cm³/mol. The Morgan fingerprint density at radius 2 is 2.13 bits per heavy atom. The molecule has 8 heteroatoms. The molecule has 1 aliphatic heterocycles. The summed E-state index contributed by atoms with van der Waals surface area (Å²) in [5, 5.41) is 0. The zero-order valence-electron chi connectivity index (χ0n) is 17.7. The second kappa shape index (κ2) is 10.4. The zero-order chi connectivity index (χ0) is 21.5. The quantitative estimate of drug-likeness (QED) is 0.615. The van der Waals surface area contributed by atoms with Crippen LogP contribution in [-0.2, 0) is 16.1 Å². The van der Waals surface area contributed by atoms with E-state index in [2.05, 4.69) is 9.97 Å². The molecule has 2 heterocycles. The SMILES string of the molecule is COCCOCc1cnc(C)nc1C1CCCN(C(=O)c2ccc(OC)c(F)c2)C1. The molecule has 1 unspecified atom stereocenters. The number of halogens is 1. The van der Waals surface area contributed by atoms with Gasteiger partial charge in [0.1, 0.15) is 5.82 Å². The Labute approximate surface area is 176 Å². The van der Waals surface area contributed by atoms with Crippen molar-refractivity contribution in [2.75, 3.05) is 40.5 Å². The van der Waals surface area contributed by atoms with Crippen LogP contribution in [0, 0.1) is 12.7 Å². The number of nitrogens with zero attached hydrogens (tertiary/aromatic N) is 3. The van der Waals surface area contributed by atoms with Gasteiger partial charge in [-0.3, -0.25) is 4.79 Å². The molecule has 0 bridgehead atoms. The molecule has 1 aromatic heterocycles. The highest BCUT2D eigenvalue weighted by Gasteiger charge is 2.28. The van der Waals surface area contributed by atoms with Crippen LogP contribution >= 0.6 is 0 Å². The number of hydrogen-bond donors (Lipinski definition) is 0. The maximum absolute atomic E-state index is 14.1. The third kappa shape index (κ3) is 5.31. The van der Waals surface area contributed by atoms with Crippen molar-refractivity contribution in [3.8, 4) is 5.75 Å². The van der Waals surface area contributed by atoms with Gasteiger partial charge in [0, 0.05) is 43.4 Å². The Morgan fingerprint density at radius 3 is 2.87 bits per heavy atom. The number of carbonyl (C=O) groups excluding carboxylic acids is 1. The minimum Gasteiger partial charge on any atom is -0.494 e. The van der Waals surface area contributed by atoms with Crippen molar-refractivity contribution < 1.29 is 23.4 Å². The molecule has 0 radical (unpaired) electrons. The summed E-state index contributed by atoms with van der Waals surface area (Å²) in [7, 11) is 3.03. The molecule has 1 aliphatic rings. The molecule has 1 fully saturated rings. The first kappa shape index (κ1) is 22.1. The summed E-state index contributed by atoms with van der Waals surface area (Å²) in [5.74, 6) is 0.154. The number of rotatable bonds is 8. The van der Waals surface area contributed by atoms with Gasteiger partial charge in [-0.25, -0.2) is 14.4 Å². The molecule has 7 nitrogen and oxygen atoms in total. The van der Waals surface area contributed by atoms with Gasteiger partial charge in [0.15, 0.2) is 11.6 Å². The number of aromatic nitrogens is 2. The molecular formula is C22H28FN3O4.